The van der Waals surface area contributed by atoms with Crippen LogP contribution in [0.25, 0.3) is 10.9 Å². The standard InChI is InChI=1S/C23H19ClF3NO4/c1-21(2,3)32-20(30)28-16-7-5-4-6-15(16)18-17(28)12-22(23(25,26)27,31-19(18)29)13-8-10-14(24)11-9-13/h4-11H,12H2,1-3H3/t22-/m1/s1. The molecule has 0 saturated heterocycles. The second-order valence-electron chi connectivity index (χ2n) is 8.55. The van der Waals surface area contributed by atoms with Crippen LogP contribution < -0.4 is 0 Å². The van der Waals surface area contributed by atoms with Crippen molar-refractivity contribution in [2.75, 3.05) is 0 Å². The molecule has 3 aromatic rings. The first-order valence-electron chi connectivity index (χ1n) is 9.76. The maximum atomic E-state index is 14.5. The fraction of sp³-hybridized carbons (Fsp3) is 0.304. The van der Waals surface area contributed by atoms with Crippen molar-refractivity contribution in [3.05, 3.63) is 70.4 Å². The van der Waals surface area contributed by atoms with Crippen LogP contribution in [-0.4, -0.2) is 28.4 Å². The van der Waals surface area contributed by atoms with Crippen LogP contribution in [0.1, 0.15) is 42.4 Å². The fourth-order valence-electron chi connectivity index (χ4n) is 3.89. The molecule has 5 nitrogen and oxygen atoms in total. The molecule has 0 spiro atoms. The molecule has 0 radical (unpaired) electrons. The summed E-state index contributed by atoms with van der Waals surface area (Å²) >= 11 is 5.85. The van der Waals surface area contributed by atoms with Gasteiger partial charge in [-0.25, -0.2) is 14.2 Å². The van der Waals surface area contributed by atoms with E-state index in [9.17, 15) is 22.8 Å². The third-order valence-electron chi connectivity index (χ3n) is 5.20. The van der Waals surface area contributed by atoms with Gasteiger partial charge in [0.05, 0.1) is 11.1 Å². The minimum atomic E-state index is -4.97. The van der Waals surface area contributed by atoms with Crippen molar-refractivity contribution in [1.82, 2.24) is 4.57 Å². The fourth-order valence-corrected chi connectivity index (χ4v) is 4.01. The Labute approximate surface area is 186 Å². The van der Waals surface area contributed by atoms with E-state index in [4.69, 9.17) is 21.1 Å². The molecule has 2 heterocycles. The minimum Gasteiger partial charge on any atom is -0.443 e. The maximum absolute atomic E-state index is 14.5. The SMILES string of the molecule is CC(C)(C)OC(=O)n1c2c(c3ccccc31)C(=O)O[C@](c1ccc(Cl)cc1)(C(F)(F)F)C2. The lowest BCUT2D eigenvalue weighted by molar-refractivity contribution is -0.267. The van der Waals surface area contributed by atoms with E-state index < -0.39 is 35.9 Å². The quantitative estimate of drug-likeness (QED) is 0.399. The number of fused-ring (bicyclic) bond motifs is 3. The number of halogens is 4. The summed E-state index contributed by atoms with van der Waals surface area (Å²) in [5, 5.41) is 0.544. The molecule has 0 N–H and O–H groups in total. The number of alkyl halides is 3. The van der Waals surface area contributed by atoms with Gasteiger partial charge in [-0.2, -0.15) is 13.2 Å². The predicted octanol–water partition coefficient (Wildman–Crippen LogP) is 6.25. The molecule has 32 heavy (non-hydrogen) atoms. The first-order chi connectivity index (χ1) is 14.8. The van der Waals surface area contributed by atoms with Crippen molar-refractivity contribution < 1.29 is 32.2 Å². The first-order valence-corrected chi connectivity index (χ1v) is 10.1. The highest BCUT2D eigenvalue weighted by molar-refractivity contribution is 6.30. The van der Waals surface area contributed by atoms with Crippen molar-refractivity contribution in [3.8, 4) is 0 Å². The predicted molar refractivity (Wildman–Crippen MR) is 112 cm³/mol. The summed E-state index contributed by atoms with van der Waals surface area (Å²) in [6, 6.07) is 11.2. The molecule has 0 bridgehead atoms. The van der Waals surface area contributed by atoms with Gasteiger partial charge in [-0.1, -0.05) is 41.9 Å². The Morgan fingerprint density at radius 2 is 1.72 bits per heavy atom. The van der Waals surface area contributed by atoms with Crippen molar-refractivity contribution in [1.29, 1.82) is 0 Å². The van der Waals surface area contributed by atoms with Crippen molar-refractivity contribution in [3.63, 3.8) is 0 Å². The van der Waals surface area contributed by atoms with Gasteiger partial charge in [-0.3, -0.25) is 0 Å². The molecule has 4 rings (SSSR count). The monoisotopic (exact) mass is 465 g/mol. The normalized spacial score (nSPS) is 18.9. The van der Waals surface area contributed by atoms with Crippen LogP contribution in [0, 0.1) is 0 Å². The van der Waals surface area contributed by atoms with Gasteiger partial charge in [0.1, 0.15) is 5.60 Å². The molecule has 9 heteroatoms. The minimum absolute atomic E-state index is 0.0831. The lowest BCUT2D eigenvalue weighted by Gasteiger charge is -2.38. The van der Waals surface area contributed by atoms with E-state index in [2.05, 4.69) is 0 Å². The zero-order valence-corrected chi connectivity index (χ0v) is 18.2. The Balaban J connectivity index is 1.99. The highest BCUT2D eigenvalue weighted by atomic mass is 35.5. The van der Waals surface area contributed by atoms with Gasteiger partial charge in [-0.15, -0.1) is 0 Å². The van der Waals surface area contributed by atoms with Crippen molar-refractivity contribution in [2.45, 2.75) is 44.6 Å². The number of nitrogens with zero attached hydrogens (tertiary/aromatic N) is 1. The molecule has 0 fully saturated rings. The average molecular weight is 466 g/mol. The largest absolute Gasteiger partial charge is 0.443 e. The number of para-hydroxylation sites is 1. The highest BCUT2D eigenvalue weighted by Gasteiger charge is 2.62. The number of cyclic esters (lactones) is 1. The molecular weight excluding hydrogens is 447 g/mol. The molecule has 1 aromatic heterocycles. The Kier molecular flexibility index (Phi) is 5.04. The van der Waals surface area contributed by atoms with E-state index in [1.54, 1.807) is 45.0 Å². The van der Waals surface area contributed by atoms with Crippen molar-refractivity contribution in [2.24, 2.45) is 0 Å². The third-order valence-corrected chi connectivity index (χ3v) is 5.46. The number of benzene rings is 2. The number of ether oxygens (including phenoxy) is 2. The molecular formula is C23H19ClF3NO4. The summed E-state index contributed by atoms with van der Waals surface area (Å²) in [6.07, 6.45) is -6.65. The Morgan fingerprint density at radius 3 is 2.31 bits per heavy atom. The van der Waals surface area contributed by atoms with Crippen LogP contribution in [0.5, 0.6) is 0 Å². The average Bonchev–Trinajstić information content (AvgIpc) is 3.00. The molecule has 0 aliphatic carbocycles. The smallest absolute Gasteiger partial charge is 0.433 e. The van der Waals surface area contributed by atoms with Crippen LogP contribution in [0.3, 0.4) is 0 Å². The third kappa shape index (κ3) is 3.52. The molecule has 1 atom stereocenters. The van der Waals surface area contributed by atoms with Crippen LogP contribution in [0.2, 0.25) is 5.02 Å². The molecule has 0 unspecified atom stereocenters. The molecule has 168 valence electrons. The first kappa shape index (κ1) is 22.2. The van der Waals surface area contributed by atoms with Crippen LogP contribution in [0.15, 0.2) is 48.5 Å². The molecule has 1 aliphatic rings. The number of aromatic nitrogens is 1. The zero-order valence-electron chi connectivity index (χ0n) is 17.4. The maximum Gasteiger partial charge on any atom is 0.433 e. The summed E-state index contributed by atoms with van der Waals surface area (Å²) in [4.78, 5) is 26.1. The number of carbonyl (C=O) groups excluding carboxylic acids is 2. The van der Waals surface area contributed by atoms with Crippen molar-refractivity contribution >= 4 is 34.6 Å². The van der Waals surface area contributed by atoms with Crippen LogP contribution >= 0.6 is 11.6 Å². The van der Waals surface area contributed by atoms with Gasteiger partial charge < -0.3 is 9.47 Å². The molecule has 0 saturated carbocycles. The van der Waals surface area contributed by atoms with E-state index in [-0.39, 0.29) is 27.4 Å². The van der Waals surface area contributed by atoms with Gasteiger partial charge in [0.2, 0.25) is 5.60 Å². The van der Waals surface area contributed by atoms with E-state index in [0.717, 1.165) is 16.7 Å². The summed E-state index contributed by atoms with van der Waals surface area (Å²) in [5.41, 5.74) is -4.13. The van der Waals surface area contributed by atoms with E-state index in [0.29, 0.717) is 5.39 Å². The van der Waals surface area contributed by atoms with Gasteiger partial charge in [0.25, 0.3) is 0 Å². The molecule has 2 aromatic carbocycles. The molecule has 0 amide bonds. The lowest BCUT2D eigenvalue weighted by Crippen LogP contribution is -2.51. The zero-order chi connectivity index (χ0) is 23.5. The summed E-state index contributed by atoms with van der Waals surface area (Å²) in [5.74, 6) is -1.17. The number of hydrogen-bond acceptors (Lipinski definition) is 4. The number of rotatable bonds is 1. The summed E-state index contributed by atoms with van der Waals surface area (Å²) in [6.45, 7) is 4.93. The van der Waals surface area contributed by atoms with E-state index >= 15 is 0 Å². The molecule has 1 aliphatic heterocycles. The summed E-state index contributed by atoms with van der Waals surface area (Å²) < 4.78 is 55.0. The summed E-state index contributed by atoms with van der Waals surface area (Å²) in [7, 11) is 0. The number of esters is 1. The topological polar surface area (TPSA) is 57.5 Å². The Hall–Kier alpha value is -3.00. The number of carbonyl (C=O) groups is 2. The number of hydrogen-bond donors (Lipinski definition) is 0. The van der Waals surface area contributed by atoms with E-state index in [1.807, 2.05) is 0 Å². The second kappa shape index (κ2) is 7.27. The Morgan fingerprint density at radius 1 is 1.09 bits per heavy atom. The van der Waals surface area contributed by atoms with Gasteiger partial charge >= 0.3 is 18.2 Å². The van der Waals surface area contributed by atoms with E-state index in [1.165, 1.54) is 12.1 Å². The lowest BCUT2D eigenvalue weighted by atomic mass is 9.84. The van der Waals surface area contributed by atoms with Crippen LogP contribution in [-0.2, 0) is 21.5 Å². The second-order valence-corrected chi connectivity index (χ2v) is 8.99. The highest BCUT2D eigenvalue weighted by Crippen LogP contribution is 2.49. The Bertz CT molecular complexity index is 1220. The van der Waals surface area contributed by atoms with Gasteiger partial charge in [-0.05, 0) is 39.0 Å². The van der Waals surface area contributed by atoms with Crippen LogP contribution in [0.4, 0.5) is 18.0 Å². The van der Waals surface area contributed by atoms with Gasteiger partial charge in [0, 0.05) is 28.1 Å². The van der Waals surface area contributed by atoms with Gasteiger partial charge in [0.15, 0.2) is 0 Å².